The Bertz CT molecular complexity index is 795. The van der Waals surface area contributed by atoms with Crippen molar-refractivity contribution in [3.8, 4) is 0 Å². The second-order valence-electron chi connectivity index (χ2n) is 7.23. The highest BCUT2D eigenvalue weighted by Gasteiger charge is 2.30. The van der Waals surface area contributed by atoms with Gasteiger partial charge < -0.3 is 4.90 Å². The lowest BCUT2D eigenvalue weighted by Gasteiger charge is -2.26. The van der Waals surface area contributed by atoms with E-state index in [9.17, 15) is 9.18 Å². The highest BCUT2D eigenvalue weighted by molar-refractivity contribution is 5.79. The molecule has 0 unspecified atom stereocenters. The second-order valence-corrected chi connectivity index (χ2v) is 7.23. The Kier molecular flexibility index (Phi) is 4.72. The number of rotatable bonds is 4. The Hall–Kier alpha value is -2.28. The number of halogens is 1. The molecule has 138 valence electrons. The molecule has 1 saturated heterocycles. The molecule has 0 saturated carbocycles. The SMILES string of the molecule is Cn1nc(CN2CCCCC2)c2c1CN(C(=O)Cc1ccc(F)cn1)C2. The summed E-state index contributed by atoms with van der Waals surface area (Å²) in [6.45, 7) is 4.31. The van der Waals surface area contributed by atoms with E-state index in [0.29, 0.717) is 18.8 Å². The number of piperidine rings is 1. The predicted molar refractivity (Wildman–Crippen MR) is 94.5 cm³/mol. The third-order valence-electron chi connectivity index (χ3n) is 5.34. The van der Waals surface area contributed by atoms with Crippen LogP contribution in [0.5, 0.6) is 0 Å². The Labute approximate surface area is 152 Å². The Morgan fingerprint density at radius 1 is 1.19 bits per heavy atom. The minimum absolute atomic E-state index is 0.0178. The van der Waals surface area contributed by atoms with Gasteiger partial charge in [-0.25, -0.2) is 4.39 Å². The zero-order valence-corrected chi connectivity index (χ0v) is 15.1. The number of hydrogen-bond acceptors (Lipinski definition) is 4. The lowest BCUT2D eigenvalue weighted by Crippen LogP contribution is -2.30. The van der Waals surface area contributed by atoms with Crippen LogP contribution in [0.2, 0.25) is 0 Å². The molecule has 26 heavy (non-hydrogen) atoms. The molecule has 1 fully saturated rings. The van der Waals surface area contributed by atoms with E-state index in [-0.39, 0.29) is 18.1 Å². The lowest BCUT2D eigenvalue weighted by atomic mass is 10.1. The largest absolute Gasteiger partial charge is 0.332 e. The van der Waals surface area contributed by atoms with Gasteiger partial charge in [0.1, 0.15) is 5.82 Å². The number of fused-ring (bicyclic) bond motifs is 1. The number of likely N-dealkylation sites (tertiary alicyclic amines) is 1. The predicted octanol–water partition coefficient (Wildman–Crippen LogP) is 2.02. The van der Waals surface area contributed by atoms with E-state index < -0.39 is 0 Å². The van der Waals surface area contributed by atoms with Gasteiger partial charge in [0, 0.05) is 31.4 Å². The first kappa shape index (κ1) is 17.1. The van der Waals surface area contributed by atoms with Crippen molar-refractivity contribution in [2.24, 2.45) is 7.05 Å². The maximum Gasteiger partial charge on any atom is 0.229 e. The summed E-state index contributed by atoms with van der Waals surface area (Å²) < 4.78 is 14.9. The van der Waals surface area contributed by atoms with Crippen LogP contribution in [0, 0.1) is 5.82 Å². The number of hydrogen-bond donors (Lipinski definition) is 0. The number of amides is 1. The summed E-state index contributed by atoms with van der Waals surface area (Å²) in [5.74, 6) is -0.368. The average molecular weight is 357 g/mol. The van der Waals surface area contributed by atoms with Crippen molar-refractivity contribution in [2.45, 2.75) is 45.3 Å². The fraction of sp³-hybridized carbons (Fsp3) is 0.526. The second kappa shape index (κ2) is 7.15. The molecular formula is C19H24FN5O. The van der Waals surface area contributed by atoms with Gasteiger partial charge in [-0.05, 0) is 38.1 Å². The highest BCUT2D eigenvalue weighted by Crippen LogP contribution is 2.27. The van der Waals surface area contributed by atoms with E-state index in [1.807, 2.05) is 16.6 Å². The van der Waals surface area contributed by atoms with Gasteiger partial charge in [0.2, 0.25) is 5.91 Å². The topological polar surface area (TPSA) is 54.3 Å². The van der Waals surface area contributed by atoms with Gasteiger partial charge in [-0.15, -0.1) is 0 Å². The molecule has 0 atom stereocenters. The number of carbonyl (C=O) groups excluding carboxylic acids is 1. The summed E-state index contributed by atoms with van der Waals surface area (Å²) in [7, 11) is 1.95. The molecule has 4 rings (SSSR count). The fourth-order valence-corrected chi connectivity index (χ4v) is 3.88. The van der Waals surface area contributed by atoms with Gasteiger partial charge in [0.15, 0.2) is 0 Å². The van der Waals surface area contributed by atoms with Crippen molar-refractivity contribution >= 4 is 5.91 Å². The van der Waals surface area contributed by atoms with Gasteiger partial charge in [0.25, 0.3) is 0 Å². The first-order valence-electron chi connectivity index (χ1n) is 9.24. The molecule has 0 bridgehead atoms. The molecule has 7 heteroatoms. The van der Waals surface area contributed by atoms with Gasteiger partial charge in [-0.2, -0.15) is 5.10 Å². The fourth-order valence-electron chi connectivity index (χ4n) is 3.88. The molecule has 6 nitrogen and oxygen atoms in total. The van der Waals surface area contributed by atoms with Crippen LogP contribution >= 0.6 is 0 Å². The number of nitrogens with zero attached hydrogens (tertiary/aromatic N) is 5. The van der Waals surface area contributed by atoms with E-state index in [4.69, 9.17) is 5.10 Å². The molecule has 2 aliphatic rings. The van der Waals surface area contributed by atoms with Crippen LogP contribution in [0.15, 0.2) is 18.3 Å². The van der Waals surface area contributed by atoms with Crippen LogP contribution in [0.25, 0.3) is 0 Å². The summed E-state index contributed by atoms with van der Waals surface area (Å²) in [5, 5.41) is 4.70. The van der Waals surface area contributed by atoms with E-state index in [1.54, 1.807) is 6.07 Å². The molecule has 2 aromatic rings. The molecule has 0 aliphatic carbocycles. The van der Waals surface area contributed by atoms with Crippen LogP contribution in [0.1, 0.15) is 41.9 Å². The Morgan fingerprint density at radius 2 is 2.00 bits per heavy atom. The molecule has 4 heterocycles. The minimum Gasteiger partial charge on any atom is -0.332 e. The van der Waals surface area contributed by atoms with Crippen LogP contribution in [-0.2, 0) is 37.9 Å². The van der Waals surface area contributed by atoms with Crippen molar-refractivity contribution in [3.63, 3.8) is 0 Å². The smallest absolute Gasteiger partial charge is 0.229 e. The summed E-state index contributed by atoms with van der Waals surface area (Å²) >= 11 is 0. The first-order valence-corrected chi connectivity index (χ1v) is 9.24. The lowest BCUT2D eigenvalue weighted by molar-refractivity contribution is -0.131. The number of aromatic nitrogens is 3. The van der Waals surface area contributed by atoms with Crippen LogP contribution < -0.4 is 0 Å². The monoisotopic (exact) mass is 357 g/mol. The van der Waals surface area contributed by atoms with Crippen LogP contribution in [0.3, 0.4) is 0 Å². The molecule has 0 spiro atoms. The molecule has 2 aliphatic heterocycles. The third kappa shape index (κ3) is 3.49. The number of aryl methyl sites for hydroxylation is 1. The zero-order valence-electron chi connectivity index (χ0n) is 15.1. The number of pyridine rings is 1. The van der Waals surface area contributed by atoms with Gasteiger partial charge in [0.05, 0.1) is 30.6 Å². The van der Waals surface area contributed by atoms with E-state index >= 15 is 0 Å². The van der Waals surface area contributed by atoms with E-state index in [0.717, 1.165) is 37.2 Å². The van der Waals surface area contributed by atoms with Gasteiger partial charge in [-0.3, -0.25) is 19.4 Å². The van der Waals surface area contributed by atoms with Crippen molar-refractivity contribution in [3.05, 3.63) is 46.8 Å². The molecule has 0 radical (unpaired) electrons. The summed E-state index contributed by atoms with van der Waals surface area (Å²) in [5.41, 5.74) is 4.01. The van der Waals surface area contributed by atoms with Crippen molar-refractivity contribution in [2.75, 3.05) is 13.1 Å². The van der Waals surface area contributed by atoms with Gasteiger partial charge >= 0.3 is 0 Å². The first-order chi connectivity index (χ1) is 12.6. The number of carbonyl (C=O) groups is 1. The summed E-state index contributed by atoms with van der Waals surface area (Å²) in [6.07, 6.45) is 5.18. The van der Waals surface area contributed by atoms with Crippen molar-refractivity contribution in [1.82, 2.24) is 24.6 Å². The molecule has 2 aromatic heterocycles. The maximum atomic E-state index is 13.0. The normalized spacial score (nSPS) is 17.5. The third-order valence-corrected chi connectivity index (χ3v) is 5.34. The average Bonchev–Trinajstić information content (AvgIpc) is 3.20. The van der Waals surface area contributed by atoms with E-state index in [1.165, 1.54) is 30.9 Å². The van der Waals surface area contributed by atoms with Crippen LogP contribution in [-0.4, -0.2) is 43.6 Å². The molecular weight excluding hydrogens is 333 g/mol. The van der Waals surface area contributed by atoms with Crippen molar-refractivity contribution < 1.29 is 9.18 Å². The molecule has 0 N–H and O–H groups in total. The highest BCUT2D eigenvalue weighted by atomic mass is 19.1. The Morgan fingerprint density at radius 3 is 2.73 bits per heavy atom. The summed E-state index contributed by atoms with van der Waals surface area (Å²) in [4.78, 5) is 20.9. The molecule has 1 amide bonds. The van der Waals surface area contributed by atoms with Crippen molar-refractivity contribution in [1.29, 1.82) is 0 Å². The Balaban J connectivity index is 1.43. The van der Waals surface area contributed by atoms with Gasteiger partial charge in [-0.1, -0.05) is 6.42 Å². The zero-order chi connectivity index (χ0) is 18.1. The van der Waals surface area contributed by atoms with Crippen LogP contribution in [0.4, 0.5) is 4.39 Å². The standard InChI is InChI=1S/C19H24FN5O/c1-23-18-13-25(19(26)9-15-6-5-14(20)10-21-15)11-16(18)17(22-23)12-24-7-3-2-4-8-24/h5-6,10H,2-4,7-9,11-13H2,1H3. The minimum atomic E-state index is -0.386. The van der Waals surface area contributed by atoms with E-state index in [2.05, 4.69) is 9.88 Å². The maximum absolute atomic E-state index is 13.0. The summed E-state index contributed by atoms with van der Waals surface area (Å²) in [6, 6.07) is 2.91. The molecule has 0 aromatic carbocycles. The quantitative estimate of drug-likeness (QED) is 0.840.